The summed E-state index contributed by atoms with van der Waals surface area (Å²) in [5.41, 5.74) is 7.70. The molecule has 0 atom stereocenters. The van der Waals surface area contributed by atoms with E-state index in [-0.39, 0.29) is 18.2 Å². The highest BCUT2D eigenvalue weighted by molar-refractivity contribution is 7.88. The van der Waals surface area contributed by atoms with Gasteiger partial charge >= 0.3 is 0 Å². The van der Waals surface area contributed by atoms with Crippen LogP contribution in [0.2, 0.25) is 0 Å². The molecule has 0 saturated heterocycles. The monoisotopic (exact) mass is 475 g/mol. The molecule has 0 radical (unpaired) electrons. The second-order valence-electron chi connectivity index (χ2n) is 8.31. The molecule has 4 rings (SSSR count). The van der Waals surface area contributed by atoms with Crippen molar-refractivity contribution in [3.63, 3.8) is 0 Å². The van der Waals surface area contributed by atoms with Gasteiger partial charge in [0.25, 0.3) is 0 Å². The van der Waals surface area contributed by atoms with Gasteiger partial charge in [0.15, 0.2) is 0 Å². The van der Waals surface area contributed by atoms with Gasteiger partial charge in [-0.25, -0.2) is 18.1 Å². The summed E-state index contributed by atoms with van der Waals surface area (Å²) in [4.78, 5) is 8.92. The fourth-order valence-electron chi connectivity index (χ4n) is 4.15. The molecule has 32 heavy (non-hydrogen) atoms. The van der Waals surface area contributed by atoms with Gasteiger partial charge in [0.05, 0.1) is 11.3 Å². The van der Waals surface area contributed by atoms with Crippen LogP contribution in [0.1, 0.15) is 31.2 Å². The molecule has 1 aliphatic carbocycles. The van der Waals surface area contributed by atoms with Crippen LogP contribution < -0.4 is 15.8 Å². The van der Waals surface area contributed by atoms with Crippen molar-refractivity contribution in [2.24, 2.45) is 11.8 Å². The molecular weight excluding hydrogens is 446 g/mol. The molecule has 3 aromatic rings. The van der Waals surface area contributed by atoms with Gasteiger partial charge in [-0.15, -0.1) is 12.4 Å². The molecule has 0 spiro atoms. The third kappa shape index (κ3) is 6.54. The molecule has 2 aromatic carbocycles. The molecule has 0 unspecified atom stereocenters. The first kappa shape index (κ1) is 24.2. The molecule has 4 N–H and O–H groups in total. The molecule has 7 nitrogen and oxygen atoms in total. The average Bonchev–Trinajstić information content (AvgIpc) is 2.77. The lowest BCUT2D eigenvalue weighted by Gasteiger charge is -2.28. The molecule has 172 valence electrons. The van der Waals surface area contributed by atoms with Gasteiger partial charge in [-0.05, 0) is 55.2 Å². The van der Waals surface area contributed by atoms with E-state index < -0.39 is 10.0 Å². The van der Waals surface area contributed by atoms with Crippen LogP contribution in [-0.2, 0) is 15.8 Å². The number of nitrogens with zero attached hydrogens (tertiary/aromatic N) is 2. The van der Waals surface area contributed by atoms with E-state index in [1.807, 2.05) is 54.6 Å². The van der Waals surface area contributed by atoms with E-state index >= 15 is 0 Å². The Hall–Kier alpha value is -2.42. The first-order valence-electron chi connectivity index (χ1n) is 10.8. The van der Waals surface area contributed by atoms with Crippen LogP contribution in [0.3, 0.4) is 0 Å². The molecule has 0 amide bonds. The molecule has 1 aromatic heterocycles. The summed E-state index contributed by atoms with van der Waals surface area (Å²) in [6, 6.07) is 17.0. The third-order valence-corrected chi connectivity index (χ3v) is 7.26. The van der Waals surface area contributed by atoms with Crippen molar-refractivity contribution in [2.45, 2.75) is 31.4 Å². The van der Waals surface area contributed by atoms with Crippen molar-refractivity contribution in [1.29, 1.82) is 0 Å². The number of benzene rings is 2. The number of nitrogens with one attached hydrogen (secondary N) is 2. The number of halogens is 1. The predicted octanol–water partition coefficient (Wildman–Crippen LogP) is 3.97. The van der Waals surface area contributed by atoms with Crippen LogP contribution in [0.4, 0.5) is 11.8 Å². The predicted molar refractivity (Wildman–Crippen MR) is 132 cm³/mol. The number of anilines is 2. The van der Waals surface area contributed by atoms with Crippen LogP contribution in [0.25, 0.3) is 10.9 Å². The van der Waals surface area contributed by atoms with Crippen molar-refractivity contribution < 1.29 is 8.42 Å². The zero-order chi connectivity index (χ0) is 21.7. The molecule has 1 saturated carbocycles. The highest BCUT2D eigenvalue weighted by atomic mass is 35.5. The van der Waals surface area contributed by atoms with Gasteiger partial charge < -0.3 is 11.1 Å². The minimum Gasteiger partial charge on any atom is -0.383 e. The summed E-state index contributed by atoms with van der Waals surface area (Å²) in [6.07, 6.45) is 4.14. The second kappa shape index (κ2) is 10.9. The van der Waals surface area contributed by atoms with E-state index in [9.17, 15) is 8.42 Å². The van der Waals surface area contributed by atoms with E-state index in [4.69, 9.17) is 5.73 Å². The maximum absolute atomic E-state index is 12.3. The lowest BCUT2D eigenvalue weighted by atomic mass is 9.82. The molecule has 1 heterocycles. The summed E-state index contributed by atoms with van der Waals surface area (Å²) in [5.74, 6) is 1.98. The Morgan fingerprint density at radius 1 is 0.875 bits per heavy atom. The number of nitrogen functional groups attached to an aromatic ring is 1. The lowest BCUT2D eigenvalue weighted by Crippen LogP contribution is -2.33. The lowest BCUT2D eigenvalue weighted by molar-refractivity contribution is 0.284. The zero-order valence-corrected chi connectivity index (χ0v) is 19.5. The number of hydrogen-bond acceptors (Lipinski definition) is 6. The van der Waals surface area contributed by atoms with E-state index in [2.05, 4.69) is 20.0 Å². The van der Waals surface area contributed by atoms with E-state index in [1.54, 1.807) is 0 Å². The summed E-state index contributed by atoms with van der Waals surface area (Å²) in [6.45, 7) is 1.31. The van der Waals surface area contributed by atoms with Gasteiger partial charge in [0, 0.05) is 18.5 Å². The first-order chi connectivity index (χ1) is 15.0. The largest absolute Gasteiger partial charge is 0.383 e. The van der Waals surface area contributed by atoms with Crippen molar-refractivity contribution in [2.75, 3.05) is 24.1 Å². The molecule has 9 heteroatoms. The molecule has 1 fully saturated rings. The first-order valence-corrected chi connectivity index (χ1v) is 12.4. The Balaban J connectivity index is 0.00000289. The Morgan fingerprint density at radius 2 is 1.50 bits per heavy atom. The highest BCUT2D eigenvalue weighted by Gasteiger charge is 2.23. The highest BCUT2D eigenvalue weighted by Crippen LogP contribution is 2.29. The Morgan fingerprint density at radius 3 is 2.22 bits per heavy atom. The topological polar surface area (TPSA) is 110 Å². The number of hydrogen-bond donors (Lipinski definition) is 3. The Bertz CT molecular complexity index is 1120. The maximum Gasteiger partial charge on any atom is 0.225 e. The van der Waals surface area contributed by atoms with Crippen LogP contribution in [0, 0.1) is 11.8 Å². The number of aromatic nitrogens is 2. The third-order valence-electron chi connectivity index (χ3n) is 5.94. The van der Waals surface area contributed by atoms with Gasteiger partial charge in [-0.1, -0.05) is 42.5 Å². The average molecular weight is 476 g/mol. The van der Waals surface area contributed by atoms with Gasteiger partial charge in [-0.2, -0.15) is 4.98 Å². The molecule has 1 aliphatic rings. The molecular formula is C23H30ClN5O2S. The number of fused-ring (bicyclic) bond motifs is 1. The number of sulfonamides is 1. The van der Waals surface area contributed by atoms with Crippen molar-refractivity contribution in [1.82, 2.24) is 14.7 Å². The molecule has 0 bridgehead atoms. The molecule has 0 aliphatic heterocycles. The Kier molecular flexibility index (Phi) is 8.28. The van der Waals surface area contributed by atoms with Crippen molar-refractivity contribution in [3.05, 3.63) is 60.2 Å². The number of nitrogens with two attached hydrogens (primary N) is 1. The number of para-hydroxylation sites is 1. The van der Waals surface area contributed by atoms with Gasteiger partial charge in [-0.3, -0.25) is 0 Å². The Labute approximate surface area is 195 Å². The van der Waals surface area contributed by atoms with Crippen molar-refractivity contribution >= 4 is 45.1 Å². The summed E-state index contributed by atoms with van der Waals surface area (Å²) >= 11 is 0. The smallest absolute Gasteiger partial charge is 0.225 e. The number of rotatable bonds is 8. The fraction of sp³-hybridized carbons (Fsp3) is 0.391. The summed E-state index contributed by atoms with van der Waals surface area (Å²) in [5, 5.41) is 4.20. The minimum atomic E-state index is -3.31. The van der Waals surface area contributed by atoms with E-state index in [0.29, 0.717) is 30.1 Å². The maximum atomic E-state index is 12.3. The zero-order valence-electron chi connectivity index (χ0n) is 17.9. The van der Waals surface area contributed by atoms with Crippen LogP contribution >= 0.6 is 12.4 Å². The van der Waals surface area contributed by atoms with Gasteiger partial charge in [0.1, 0.15) is 5.82 Å². The quantitative estimate of drug-likeness (QED) is 0.454. The SMILES string of the molecule is Cl.Nc1nc(NC[C@H]2CC[C@H](CNS(=O)(=O)Cc3ccccc3)CC2)nc2ccccc12. The second-order valence-corrected chi connectivity index (χ2v) is 10.1. The minimum absolute atomic E-state index is 0. The van der Waals surface area contributed by atoms with Crippen LogP contribution in [0.15, 0.2) is 54.6 Å². The van der Waals surface area contributed by atoms with Crippen LogP contribution in [-0.4, -0.2) is 31.5 Å². The van der Waals surface area contributed by atoms with Crippen molar-refractivity contribution in [3.8, 4) is 0 Å². The summed E-state index contributed by atoms with van der Waals surface area (Å²) < 4.78 is 27.5. The van der Waals surface area contributed by atoms with E-state index in [1.165, 1.54) is 0 Å². The van der Waals surface area contributed by atoms with Gasteiger partial charge in [0.2, 0.25) is 16.0 Å². The van der Waals surface area contributed by atoms with Crippen LogP contribution in [0.5, 0.6) is 0 Å². The fourth-order valence-corrected chi connectivity index (χ4v) is 5.37. The standard InChI is InChI=1S/C23H29N5O2S.ClH/c24-22-20-8-4-5-9-21(20)27-23(28-22)25-14-17-10-12-18(13-11-17)15-26-31(29,30)16-19-6-2-1-3-7-19;/h1-9,17-18,26H,10-16H2,(H3,24,25,27,28);1H/t17-,18-;. The summed E-state index contributed by atoms with van der Waals surface area (Å²) in [7, 11) is -3.31. The normalized spacial score (nSPS) is 18.8. The van der Waals surface area contributed by atoms with E-state index in [0.717, 1.165) is 48.7 Å².